The van der Waals surface area contributed by atoms with E-state index in [4.69, 9.17) is 0 Å². The lowest BCUT2D eigenvalue weighted by Gasteiger charge is -2.26. The van der Waals surface area contributed by atoms with Gasteiger partial charge in [0.05, 0.1) is 17.7 Å². The number of alkyl halides is 3. The molecule has 11 heteroatoms. The first-order valence-corrected chi connectivity index (χ1v) is 9.60. The van der Waals surface area contributed by atoms with Crippen LogP contribution in [0.3, 0.4) is 0 Å². The highest BCUT2D eigenvalue weighted by atomic mass is 19.4. The molecule has 2 fully saturated rings. The third kappa shape index (κ3) is 3.90. The van der Waals surface area contributed by atoms with Gasteiger partial charge in [-0.15, -0.1) is 0 Å². The molecular formula is C21H16F5N3O3. The molecule has 0 spiro atoms. The highest BCUT2D eigenvalue weighted by molar-refractivity contribution is 6.08. The topological polar surface area (TPSA) is 87.3 Å². The van der Waals surface area contributed by atoms with E-state index in [2.05, 4.69) is 16.0 Å². The van der Waals surface area contributed by atoms with Crippen molar-refractivity contribution in [3.8, 4) is 11.1 Å². The van der Waals surface area contributed by atoms with E-state index < -0.39 is 46.8 Å². The number of imide groups is 1. The van der Waals surface area contributed by atoms with Crippen LogP contribution in [0.4, 0.5) is 26.7 Å². The van der Waals surface area contributed by atoms with Crippen LogP contribution in [0.5, 0.6) is 0 Å². The Balaban J connectivity index is 1.63. The molecule has 4 amide bonds. The predicted octanol–water partition coefficient (Wildman–Crippen LogP) is 3.37. The maximum Gasteiger partial charge on any atom is 0.416 e. The molecule has 0 aromatic heterocycles. The molecule has 1 heterocycles. The van der Waals surface area contributed by atoms with Gasteiger partial charge in [0, 0.05) is 0 Å². The quantitative estimate of drug-likeness (QED) is 0.479. The third-order valence-corrected chi connectivity index (χ3v) is 5.60. The molecule has 2 aromatic rings. The first-order valence-electron chi connectivity index (χ1n) is 9.60. The maximum absolute atomic E-state index is 13.9. The minimum Gasteiger partial charge on any atom is -0.349 e. The molecular weight excluding hydrogens is 437 g/mol. The highest BCUT2D eigenvalue weighted by Crippen LogP contribution is 2.41. The maximum atomic E-state index is 13.9. The summed E-state index contributed by atoms with van der Waals surface area (Å²) >= 11 is 0. The van der Waals surface area contributed by atoms with Crippen molar-refractivity contribution in [3.05, 3.63) is 59.2 Å². The SMILES string of the molecule is O=C1NC(=O)[C@](CNC(=O)c2cc(F)c(F)cc2-c2ccc(C(F)(F)F)cc2)(C2CC2)N1. The van der Waals surface area contributed by atoms with Crippen LogP contribution < -0.4 is 16.0 Å². The minimum atomic E-state index is -4.59. The number of halogens is 5. The van der Waals surface area contributed by atoms with E-state index >= 15 is 0 Å². The molecule has 32 heavy (non-hydrogen) atoms. The van der Waals surface area contributed by atoms with Gasteiger partial charge in [0.2, 0.25) is 0 Å². The summed E-state index contributed by atoms with van der Waals surface area (Å²) in [6.45, 7) is -0.292. The number of benzene rings is 2. The number of amides is 4. The van der Waals surface area contributed by atoms with Crippen molar-refractivity contribution in [2.24, 2.45) is 5.92 Å². The standard InChI is InChI=1S/C21H16F5N3O3/c22-15-7-13(10-1-3-12(4-2-10)21(24,25)26)14(8-16(15)23)17(30)27-9-20(11-5-6-11)18(31)28-19(32)29-20/h1-4,7-8,11H,5-6,9H2,(H,27,30)(H2,28,29,31,32)/t20-/m0/s1. The van der Waals surface area contributed by atoms with Gasteiger partial charge in [0.15, 0.2) is 11.6 Å². The van der Waals surface area contributed by atoms with Crippen molar-refractivity contribution >= 4 is 17.8 Å². The minimum absolute atomic E-state index is 0.0610. The van der Waals surface area contributed by atoms with Gasteiger partial charge in [0.1, 0.15) is 5.54 Å². The van der Waals surface area contributed by atoms with E-state index in [1.54, 1.807) is 0 Å². The van der Waals surface area contributed by atoms with Crippen LogP contribution in [0.2, 0.25) is 0 Å². The number of nitrogens with one attached hydrogen (secondary N) is 3. The largest absolute Gasteiger partial charge is 0.416 e. The molecule has 6 nitrogen and oxygen atoms in total. The first kappa shape index (κ1) is 21.7. The van der Waals surface area contributed by atoms with Crippen molar-refractivity contribution < 1.29 is 36.3 Å². The predicted molar refractivity (Wildman–Crippen MR) is 101 cm³/mol. The first-order chi connectivity index (χ1) is 15.0. The zero-order valence-electron chi connectivity index (χ0n) is 16.3. The summed E-state index contributed by atoms with van der Waals surface area (Å²) in [4.78, 5) is 36.7. The lowest BCUT2D eigenvalue weighted by atomic mass is 9.92. The van der Waals surface area contributed by atoms with Crippen molar-refractivity contribution in [1.29, 1.82) is 0 Å². The smallest absolute Gasteiger partial charge is 0.349 e. The van der Waals surface area contributed by atoms with Crippen LogP contribution in [0.15, 0.2) is 36.4 Å². The number of rotatable bonds is 5. The molecule has 1 aliphatic heterocycles. The zero-order valence-corrected chi connectivity index (χ0v) is 16.3. The molecule has 1 atom stereocenters. The van der Waals surface area contributed by atoms with Crippen LogP contribution in [0, 0.1) is 17.6 Å². The van der Waals surface area contributed by atoms with Gasteiger partial charge in [-0.2, -0.15) is 13.2 Å². The Labute approximate surface area is 178 Å². The highest BCUT2D eigenvalue weighted by Gasteiger charge is 2.56. The molecule has 4 rings (SSSR count). The van der Waals surface area contributed by atoms with E-state index in [-0.39, 0.29) is 29.2 Å². The van der Waals surface area contributed by atoms with Crippen LogP contribution in [-0.2, 0) is 11.0 Å². The fraction of sp³-hybridized carbons (Fsp3) is 0.286. The summed E-state index contributed by atoms with van der Waals surface area (Å²) in [5.74, 6) is -4.28. The second-order valence-electron chi connectivity index (χ2n) is 7.72. The Bertz CT molecular complexity index is 1110. The van der Waals surface area contributed by atoms with Gasteiger partial charge in [-0.1, -0.05) is 12.1 Å². The number of urea groups is 1. The molecule has 1 saturated heterocycles. The Hall–Kier alpha value is -3.50. The Morgan fingerprint density at radius 2 is 1.69 bits per heavy atom. The Morgan fingerprint density at radius 1 is 1.06 bits per heavy atom. The average Bonchev–Trinajstić information content (AvgIpc) is 3.53. The van der Waals surface area contributed by atoms with Crippen LogP contribution in [0.1, 0.15) is 28.8 Å². The second kappa shape index (κ2) is 7.57. The fourth-order valence-electron chi connectivity index (χ4n) is 3.76. The van der Waals surface area contributed by atoms with E-state index in [1.165, 1.54) is 0 Å². The summed E-state index contributed by atoms with van der Waals surface area (Å²) in [6, 6.07) is 4.26. The second-order valence-corrected chi connectivity index (χ2v) is 7.72. The molecule has 0 unspecified atom stereocenters. The molecule has 0 radical (unpaired) electrons. The van der Waals surface area contributed by atoms with Gasteiger partial charge < -0.3 is 10.6 Å². The number of carbonyl (C=O) groups is 3. The number of hydrogen-bond acceptors (Lipinski definition) is 3. The fourth-order valence-corrected chi connectivity index (χ4v) is 3.76. The monoisotopic (exact) mass is 453 g/mol. The molecule has 2 aliphatic rings. The van der Waals surface area contributed by atoms with Crippen LogP contribution in [0.25, 0.3) is 11.1 Å². The van der Waals surface area contributed by atoms with Crippen LogP contribution in [-0.4, -0.2) is 29.9 Å². The van der Waals surface area contributed by atoms with E-state index in [1.807, 2.05) is 0 Å². The van der Waals surface area contributed by atoms with E-state index in [0.717, 1.165) is 24.3 Å². The lowest BCUT2D eigenvalue weighted by molar-refractivity contribution is -0.137. The molecule has 1 aliphatic carbocycles. The Kier molecular flexibility index (Phi) is 5.14. The van der Waals surface area contributed by atoms with E-state index in [0.29, 0.717) is 25.0 Å². The van der Waals surface area contributed by atoms with Gasteiger partial charge in [-0.25, -0.2) is 13.6 Å². The van der Waals surface area contributed by atoms with Crippen LogP contribution >= 0.6 is 0 Å². The lowest BCUT2D eigenvalue weighted by Crippen LogP contribution is -2.57. The zero-order chi connectivity index (χ0) is 23.3. The molecule has 1 saturated carbocycles. The summed E-state index contributed by atoms with van der Waals surface area (Å²) in [5.41, 5.74) is -2.69. The summed E-state index contributed by atoms with van der Waals surface area (Å²) in [5, 5.41) is 7.10. The van der Waals surface area contributed by atoms with Gasteiger partial charge >= 0.3 is 12.2 Å². The number of carbonyl (C=O) groups excluding carboxylic acids is 3. The van der Waals surface area contributed by atoms with Gasteiger partial charge in [-0.05, 0) is 54.2 Å². The summed E-state index contributed by atoms with van der Waals surface area (Å²) in [6.07, 6.45) is -3.27. The summed E-state index contributed by atoms with van der Waals surface area (Å²) in [7, 11) is 0. The van der Waals surface area contributed by atoms with Crippen molar-refractivity contribution in [2.45, 2.75) is 24.6 Å². The van der Waals surface area contributed by atoms with Gasteiger partial charge in [-0.3, -0.25) is 14.9 Å². The van der Waals surface area contributed by atoms with Crippen molar-refractivity contribution in [1.82, 2.24) is 16.0 Å². The molecule has 168 valence electrons. The number of hydrogen-bond donors (Lipinski definition) is 3. The normalized spacial score (nSPS) is 20.7. The molecule has 3 N–H and O–H groups in total. The van der Waals surface area contributed by atoms with Gasteiger partial charge in [0.25, 0.3) is 11.8 Å². The third-order valence-electron chi connectivity index (χ3n) is 5.60. The van der Waals surface area contributed by atoms with Crippen molar-refractivity contribution in [2.75, 3.05) is 6.54 Å². The molecule has 0 bridgehead atoms. The Morgan fingerprint density at radius 3 is 2.22 bits per heavy atom. The summed E-state index contributed by atoms with van der Waals surface area (Å²) < 4.78 is 66.3. The molecule has 2 aromatic carbocycles. The average molecular weight is 453 g/mol. The van der Waals surface area contributed by atoms with Crippen molar-refractivity contribution in [3.63, 3.8) is 0 Å². The van der Waals surface area contributed by atoms with E-state index in [9.17, 15) is 36.3 Å².